The van der Waals surface area contributed by atoms with Crippen molar-refractivity contribution in [3.05, 3.63) is 59.2 Å². The van der Waals surface area contributed by atoms with E-state index < -0.39 is 0 Å². The van der Waals surface area contributed by atoms with E-state index in [0.29, 0.717) is 13.2 Å². The Morgan fingerprint density at radius 2 is 1.29 bits per heavy atom. The molecule has 2 rings (SSSR count). The Hall–Kier alpha value is -2.04. The predicted octanol–water partition coefficient (Wildman–Crippen LogP) is 7.93. The fraction of sp³-hybridized carbons (Fsp3) is 0.600. The lowest BCUT2D eigenvalue weighted by Crippen LogP contribution is -2.29. The van der Waals surface area contributed by atoms with Gasteiger partial charge in [-0.3, -0.25) is 0 Å². The summed E-state index contributed by atoms with van der Waals surface area (Å²) in [5, 5.41) is 3.62. The fourth-order valence-corrected chi connectivity index (χ4v) is 3.56. The number of anilines is 1. The van der Waals surface area contributed by atoms with Crippen molar-refractivity contribution in [3.8, 4) is 5.75 Å². The van der Waals surface area contributed by atoms with Gasteiger partial charge in [-0.1, -0.05) is 30.3 Å². The molecule has 2 aromatic rings. The monoisotopic (exact) mass is 469 g/mol. The molecule has 1 N–H and O–H groups in total. The van der Waals surface area contributed by atoms with Crippen molar-refractivity contribution in [3.63, 3.8) is 0 Å². The topological polar surface area (TPSA) is 39.7 Å². The molecule has 0 fully saturated rings. The van der Waals surface area contributed by atoms with Crippen LogP contribution in [0.15, 0.2) is 42.5 Å². The molecule has 34 heavy (non-hydrogen) atoms. The molecule has 0 aliphatic rings. The molecule has 0 bridgehead atoms. The molecule has 0 aliphatic heterocycles. The molecule has 0 radical (unpaired) electrons. The lowest BCUT2D eigenvalue weighted by atomic mass is 9.95. The molecular formula is C30H47NO3. The zero-order chi connectivity index (χ0) is 25.8. The van der Waals surface area contributed by atoms with Crippen LogP contribution >= 0.6 is 0 Å². The number of benzene rings is 2. The van der Waals surface area contributed by atoms with E-state index in [1.807, 2.05) is 18.2 Å². The standard InChI is InChI=1S/C30H47NO3/c1-27(2,3)31-25-17-16-22(18-24(25)21-32-28(4,5)6)19-30(10,11)33-20-23-14-12-13-15-26(23)34-29(7,8)9/h12-18,31H,19-21H2,1-11H3. The van der Waals surface area contributed by atoms with Crippen molar-refractivity contribution >= 4 is 5.69 Å². The normalized spacial score (nSPS) is 13.1. The molecular weight excluding hydrogens is 422 g/mol. The van der Waals surface area contributed by atoms with Crippen LogP contribution in [0.1, 0.15) is 92.9 Å². The Morgan fingerprint density at radius 3 is 1.88 bits per heavy atom. The van der Waals surface area contributed by atoms with Gasteiger partial charge >= 0.3 is 0 Å². The van der Waals surface area contributed by atoms with Gasteiger partial charge < -0.3 is 19.5 Å². The van der Waals surface area contributed by atoms with Crippen molar-refractivity contribution in [2.75, 3.05) is 5.32 Å². The summed E-state index contributed by atoms with van der Waals surface area (Å²) in [7, 11) is 0. The maximum absolute atomic E-state index is 6.41. The molecule has 0 amide bonds. The third-order valence-electron chi connectivity index (χ3n) is 4.98. The number of para-hydroxylation sites is 1. The highest BCUT2D eigenvalue weighted by atomic mass is 16.5. The van der Waals surface area contributed by atoms with Crippen LogP contribution in [-0.2, 0) is 29.1 Å². The molecule has 0 saturated heterocycles. The Kier molecular flexibility index (Phi) is 8.88. The van der Waals surface area contributed by atoms with E-state index in [9.17, 15) is 0 Å². The minimum Gasteiger partial charge on any atom is -0.488 e. The van der Waals surface area contributed by atoms with Crippen molar-refractivity contribution in [2.45, 2.75) is 118 Å². The zero-order valence-corrected chi connectivity index (χ0v) is 23.4. The average Bonchev–Trinajstić information content (AvgIpc) is 2.64. The first kappa shape index (κ1) is 28.2. The SMILES string of the molecule is CC(C)(C)Nc1ccc(CC(C)(C)OCc2ccccc2OC(C)(C)C)cc1COC(C)(C)C. The van der Waals surface area contributed by atoms with E-state index >= 15 is 0 Å². The summed E-state index contributed by atoms with van der Waals surface area (Å²) in [6.07, 6.45) is 0.799. The van der Waals surface area contributed by atoms with Crippen molar-refractivity contribution < 1.29 is 14.2 Å². The summed E-state index contributed by atoms with van der Waals surface area (Å²) < 4.78 is 18.7. The molecule has 0 heterocycles. The molecule has 0 atom stereocenters. The minimum absolute atomic E-state index is 0.0249. The second kappa shape index (κ2) is 10.7. The van der Waals surface area contributed by atoms with Gasteiger partial charge in [-0.25, -0.2) is 0 Å². The second-order valence-corrected chi connectivity index (χ2v) is 12.8. The molecule has 4 heteroatoms. The quantitative estimate of drug-likeness (QED) is 0.405. The summed E-state index contributed by atoms with van der Waals surface area (Å²) in [5.41, 5.74) is 3.78. The highest BCUT2D eigenvalue weighted by Gasteiger charge is 2.23. The minimum atomic E-state index is -0.337. The molecule has 0 saturated carbocycles. The van der Waals surface area contributed by atoms with Crippen LogP contribution in [0.3, 0.4) is 0 Å². The van der Waals surface area contributed by atoms with Crippen molar-refractivity contribution in [1.29, 1.82) is 0 Å². The first-order valence-corrected chi connectivity index (χ1v) is 12.4. The van der Waals surface area contributed by atoms with Gasteiger partial charge in [0, 0.05) is 28.8 Å². The van der Waals surface area contributed by atoms with E-state index in [2.05, 4.69) is 106 Å². The third-order valence-corrected chi connectivity index (χ3v) is 4.98. The van der Waals surface area contributed by atoms with Crippen LogP contribution in [0.2, 0.25) is 0 Å². The molecule has 0 spiro atoms. The van der Waals surface area contributed by atoms with Crippen LogP contribution < -0.4 is 10.1 Å². The van der Waals surface area contributed by atoms with Gasteiger partial charge in [-0.05, 0) is 93.9 Å². The van der Waals surface area contributed by atoms with Crippen LogP contribution in [0, 0.1) is 0 Å². The van der Waals surface area contributed by atoms with Gasteiger partial charge in [-0.15, -0.1) is 0 Å². The first-order valence-electron chi connectivity index (χ1n) is 12.4. The van der Waals surface area contributed by atoms with Crippen LogP contribution in [-0.4, -0.2) is 22.3 Å². The average molecular weight is 470 g/mol. The highest BCUT2D eigenvalue weighted by Crippen LogP contribution is 2.29. The van der Waals surface area contributed by atoms with E-state index in [1.165, 1.54) is 11.1 Å². The molecule has 0 unspecified atom stereocenters. The lowest BCUT2D eigenvalue weighted by molar-refractivity contribution is -0.0304. The summed E-state index contributed by atoms with van der Waals surface area (Å²) in [6.45, 7) is 24.3. The lowest BCUT2D eigenvalue weighted by Gasteiger charge is -2.29. The third kappa shape index (κ3) is 10.5. The van der Waals surface area contributed by atoms with Crippen LogP contribution in [0.4, 0.5) is 5.69 Å². The Labute approximate surface area is 208 Å². The highest BCUT2D eigenvalue weighted by molar-refractivity contribution is 5.54. The van der Waals surface area contributed by atoms with Crippen LogP contribution in [0.25, 0.3) is 0 Å². The molecule has 0 aliphatic carbocycles. The zero-order valence-electron chi connectivity index (χ0n) is 23.4. The van der Waals surface area contributed by atoms with Gasteiger partial charge in [0.05, 0.1) is 24.4 Å². The Balaban J connectivity index is 2.17. The molecule has 4 nitrogen and oxygen atoms in total. The van der Waals surface area contributed by atoms with Gasteiger partial charge in [0.2, 0.25) is 0 Å². The van der Waals surface area contributed by atoms with Gasteiger partial charge in [0.25, 0.3) is 0 Å². The number of hydrogen-bond acceptors (Lipinski definition) is 4. The van der Waals surface area contributed by atoms with Gasteiger partial charge in [-0.2, -0.15) is 0 Å². The smallest absolute Gasteiger partial charge is 0.125 e. The Morgan fingerprint density at radius 1 is 0.676 bits per heavy atom. The van der Waals surface area contributed by atoms with E-state index in [-0.39, 0.29) is 22.3 Å². The number of hydrogen-bond donors (Lipinski definition) is 1. The van der Waals surface area contributed by atoms with Gasteiger partial charge in [0.1, 0.15) is 11.4 Å². The van der Waals surface area contributed by atoms with Crippen LogP contribution in [0.5, 0.6) is 5.75 Å². The molecule has 0 aromatic heterocycles. The van der Waals surface area contributed by atoms with E-state index in [4.69, 9.17) is 14.2 Å². The number of ether oxygens (including phenoxy) is 3. The maximum atomic E-state index is 6.41. The largest absolute Gasteiger partial charge is 0.488 e. The summed E-state index contributed by atoms with van der Waals surface area (Å²) in [4.78, 5) is 0. The van der Waals surface area contributed by atoms with E-state index in [0.717, 1.165) is 23.4 Å². The fourth-order valence-electron chi connectivity index (χ4n) is 3.56. The van der Waals surface area contributed by atoms with Crippen molar-refractivity contribution in [2.24, 2.45) is 0 Å². The first-order chi connectivity index (χ1) is 15.4. The number of nitrogens with one attached hydrogen (secondary N) is 1. The second-order valence-electron chi connectivity index (χ2n) is 12.8. The predicted molar refractivity (Wildman–Crippen MR) is 144 cm³/mol. The summed E-state index contributed by atoms with van der Waals surface area (Å²) in [6, 6.07) is 14.7. The summed E-state index contributed by atoms with van der Waals surface area (Å²) in [5.74, 6) is 0.880. The summed E-state index contributed by atoms with van der Waals surface area (Å²) >= 11 is 0. The Bertz CT molecular complexity index is 927. The van der Waals surface area contributed by atoms with Gasteiger partial charge in [0.15, 0.2) is 0 Å². The van der Waals surface area contributed by atoms with E-state index in [1.54, 1.807) is 0 Å². The molecule has 2 aromatic carbocycles. The molecule has 190 valence electrons. The van der Waals surface area contributed by atoms with Crippen molar-refractivity contribution in [1.82, 2.24) is 0 Å². The maximum Gasteiger partial charge on any atom is 0.125 e. The number of rotatable bonds is 9.